The summed E-state index contributed by atoms with van der Waals surface area (Å²) in [5, 5.41) is 4.09. The van der Waals surface area contributed by atoms with Crippen LogP contribution in [0.2, 0.25) is 0 Å². The monoisotopic (exact) mass is 365 g/mol. The van der Waals surface area contributed by atoms with E-state index >= 15 is 0 Å². The van der Waals surface area contributed by atoms with Crippen molar-refractivity contribution in [1.29, 1.82) is 0 Å². The summed E-state index contributed by atoms with van der Waals surface area (Å²) < 4.78 is 5.42. The molecule has 5 nitrogen and oxygen atoms in total. The Morgan fingerprint density at radius 1 is 1.04 bits per heavy atom. The van der Waals surface area contributed by atoms with Gasteiger partial charge in [-0.1, -0.05) is 35.5 Å². The highest BCUT2D eigenvalue weighted by molar-refractivity contribution is 5.92. The van der Waals surface area contributed by atoms with Crippen molar-refractivity contribution in [2.45, 2.75) is 63.1 Å². The molecule has 5 heteroatoms. The van der Waals surface area contributed by atoms with Crippen LogP contribution in [0.5, 0.6) is 0 Å². The molecule has 1 aromatic heterocycles. The third-order valence-electron chi connectivity index (χ3n) is 6.37. The third-order valence-corrected chi connectivity index (χ3v) is 6.37. The molecule has 0 bridgehead atoms. The molecule has 0 unspecified atom stereocenters. The van der Waals surface area contributed by atoms with Crippen LogP contribution in [0.25, 0.3) is 0 Å². The fraction of sp³-hybridized carbons (Fsp3) is 0.545. The third kappa shape index (κ3) is 3.41. The number of aromatic nitrogens is 1. The lowest BCUT2D eigenvalue weighted by Crippen LogP contribution is -2.48. The van der Waals surface area contributed by atoms with Gasteiger partial charge in [0.15, 0.2) is 5.69 Å². The van der Waals surface area contributed by atoms with Crippen LogP contribution >= 0.6 is 0 Å². The second kappa shape index (κ2) is 7.12. The van der Waals surface area contributed by atoms with Crippen molar-refractivity contribution >= 4 is 5.91 Å². The molecule has 0 spiro atoms. The normalized spacial score (nSPS) is 26.0. The Balaban J connectivity index is 1.31. The number of carbonyl (C=O) groups is 1. The van der Waals surface area contributed by atoms with Crippen molar-refractivity contribution < 1.29 is 9.32 Å². The second-order valence-electron chi connectivity index (χ2n) is 8.26. The quantitative estimate of drug-likeness (QED) is 0.808. The minimum absolute atomic E-state index is 0.0553. The molecule has 2 saturated heterocycles. The van der Waals surface area contributed by atoms with Crippen molar-refractivity contribution in [3.05, 3.63) is 53.4 Å². The summed E-state index contributed by atoms with van der Waals surface area (Å²) >= 11 is 0. The Labute approximate surface area is 160 Å². The van der Waals surface area contributed by atoms with Crippen molar-refractivity contribution in [3.63, 3.8) is 0 Å². The molecule has 3 heterocycles. The fourth-order valence-corrected chi connectivity index (χ4v) is 4.84. The number of nitrogens with zero attached hydrogens (tertiary/aromatic N) is 3. The van der Waals surface area contributed by atoms with E-state index in [1.165, 1.54) is 18.4 Å². The average molecular weight is 365 g/mol. The Hall–Kier alpha value is -2.14. The van der Waals surface area contributed by atoms with E-state index in [0.717, 1.165) is 51.1 Å². The maximum atomic E-state index is 13.1. The minimum Gasteiger partial charge on any atom is -0.360 e. The first-order chi connectivity index (χ1) is 13.3. The fourth-order valence-electron chi connectivity index (χ4n) is 4.84. The Bertz CT molecular complexity index is 799. The Kier molecular flexibility index (Phi) is 4.48. The summed E-state index contributed by atoms with van der Waals surface area (Å²) in [6.45, 7) is 2.93. The van der Waals surface area contributed by atoms with Gasteiger partial charge in [0.25, 0.3) is 5.91 Å². The van der Waals surface area contributed by atoms with Crippen molar-refractivity contribution in [1.82, 2.24) is 15.0 Å². The van der Waals surface area contributed by atoms with Gasteiger partial charge in [-0.3, -0.25) is 9.69 Å². The molecular formula is C22H27N3O2. The summed E-state index contributed by atoms with van der Waals surface area (Å²) in [7, 11) is 0. The largest absolute Gasteiger partial charge is 0.360 e. The van der Waals surface area contributed by atoms with Gasteiger partial charge >= 0.3 is 0 Å². The molecule has 3 fully saturated rings. The lowest BCUT2D eigenvalue weighted by molar-refractivity contribution is 0.0629. The Morgan fingerprint density at radius 3 is 2.63 bits per heavy atom. The molecule has 3 aliphatic rings. The number of carbonyl (C=O) groups excluding carboxylic acids is 1. The van der Waals surface area contributed by atoms with Crippen LogP contribution in [0.3, 0.4) is 0 Å². The van der Waals surface area contributed by atoms with E-state index in [0.29, 0.717) is 23.7 Å². The van der Waals surface area contributed by atoms with Crippen LogP contribution in [0.1, 0.15) is 66.3 Å². The average Bonchev–Trinajstić information content (AvgIpc) is 3.11. The summed E-state index contributed by atoms with van der Waals surface area (Å²) in [5.74, 6) is 1.44. The summed E-state index contributed by atoms with van der Waals surface area (Å²) in [6, 6.07) is 13.3. The predicted octanol–water partition coefficient (Wildman–Crippen LogP) is 3.82. The Morgan fingerprint density at radius 2 is 1.81 bits per heavy atom. The van der Waals surface area contributed by atoms with E-state index in [-0.39, 0.29) is 5.91 Å². The molecule has 1 aliphatic carbocycles. The number of rotatable bonds is 5. The summed E-state index contributed by atoms with van der Waals surface area (Å²) in [6.07, 6.45) is 6.88. The van der Waals surface area contributed by atoms with E-state index in [9.17, 15) is 4.79 Å². The number of hydrogen-bond acceptors (Lipinski definition) is 4. The molecule has 0 N–H and O–H groups in total. The first kappa shape index (κ1) is 17.0. The first-order valence-electron chi connectivity index (χ1n) is 10.3. The van der Waals surface area contributed by atoms with Gasteiger partial charge < -0.3 is 9.42 Å². The smallest absolute Gasteiger partial charge is 0.276 e. The van der Waals surface area contributed by atoms with Gasteiger partial charge in [-0.05, 0) is 50.6 Å². The van der Waals surface area contributed by atoms with E-state index < -0.39 is 0 Å². The molecular weight excluding hydrogens is 338 g/mol. The highest BCUT2D eigenvalue weighted by atomic mass is 16.5. The number of benzene rings is 1. The van der Waals surface area contributed by atoms with Gasteiger partial charge in [0.2, 0.25) is 0 Å². The first-order valence-corrected chi connectivity index (χ1v) is 10.3. The molecule has 142 valence electrons. The van der Waals surface area contributed by atoms with Crippen LogP contribution < -0.4 is 0 Å². The van der Waals surface area contributed by atoms with Gasteiger partial charge in [0.05, 0.1) is 0 Å². The van der Waals surface area contributed by atoms with E-state index in [2.05, 4.69) is 45.3 Å². The van der Waals surface area contributed by atoms with E-state index in [1.54, 1.807) is 0 Å². The van der Waals surface area contributed by atoms with E-state index in [4.69, 9.17) is 4.52 Å². The maximum Gasteiger partial charge on any atom is 0.276 e. The maximum absolute atomic E-state index is 13.1. The molecule has 5 rings (SSSR count). The van der Waals surface area contributed by atoms with Gasteiger partial charge in [0, 0.05) is 37.2 Å². The molecule has 2 aromatic rings. The molecule has 27 heavy (non-hydrogen) atoms. The lowest BCUT2D eigenvalue weighted by atomic mass is 10.0. The lowest BCUT2D eigenvalue weighted by Gasteiger charge is -2.34. The molecule has 1 amide bonds. The number of amides is 1. The van der Waals surface area contributed by atoms with Gasteiger partial charge in [0.1, 0.15) is 5.76 Å². The van der Waals surface area contributed by atoms with Crippen LogP contribution in [-0.2, 0) is 6.54 Å². The number of hydrogen-bond donors (Lipinski definition) is 0. The number of likely N-dealkylation sites (tertiary alicyclic amines) is 2. The van der Waals surface area contributed by atoms with Gasteiger partial charge in [-0.25, -0.2) is 0 Å². The highest BCUT2D eigenvalue weighted by Crippen LogP contribution is 2.40. The zero-order valence-corrected chi connectivity index (χ0v) is 15.7. The van der Waals surface area contributed by atoms with Gasteiger partial charge in [-0.2, -0.15) is 0 Å². The van der Waals surface area contributed by atoms with Crippen molar-refractivity contribution in [2.75, 3.05) is 13.1 Å². The molecule has 2 atom stereocenters. The van der Waals surface area contributed by atoms with Crippen LogP contribution in [0.4, 0.5) is 0 Å². The van der Waals surface area contributed by atoms with E-state index in [1.807, 2.05) is 6.07 Å². The minimum atomic E-state index is 0.0553. The van der Waals surface area contributed by atoms with Gasteiger partial charge in [-0.15, -0.1) is 0 Å². The summed E-state index contributed by atoms with van der Waals surface area (Å²) in [5.41, 5.74) is 1.85. The standard InChI is InChI=1S/C22H27N3O2/c26-22(18-14-21(27-23-18)17-10-11-17)25-13-5-9-20(25)19-8-4-12-24(19)15-16-6-2-1-3-7-16/h1-3,6-7,14,17,19-20H,4-5,8-13,15H2/t19-,20+/m1/s1. The van der Waals surface area contributed by atoms with Crippen molar-refractivity contribution in [3.8, 4) is 0 Å². The molecule has 0 radical (unpaired) electrons. The molecule has 2 aliphatic heterocycles. The zero-order valence-electron chi connectivity index (χ0n) is 15.7. The zero-order chi connectivity index (χ0) is 18.2. The topological polar surface area (TPSA) is 49.6 Å². The predicted molar refractivity (Wildman–Crippen MR) is 102 cm³/mol. The van der Waals surface area contributed by atoms with Crippen LogP contribution in [-0.4, -0.2) is 46.0 Å². The second-order valence-corrected chi connectivity index (χ2v) is 8.26. The highest BCUT2D eigenvalue weighted by Gasteiger charge is 2.41. The summed E-state index contributed by atoms with van der Waals surface area (Å²) in [4.78, 5) is 17.8. The van der Waals surface area contributed by atoms with Crippen LogP contribution in [0.15, 0.2) is 40.9 Å². The SMILES string of the molecule is O=C(c1cc(C2CC2)on1)N1CCC[C@H]1[C@H]1CCCN1Cc1ccccc1. The van der Waals surface area contributed by atoms with Crippen molar-refractivity contribution in [2.24, 2.45) is 0 Å². The van der Waals surface area contributed by atoms with Crippen LogP contribution in [0, 0.1) is 0 Å². The molecule has 1 saturated carbocycles. The molecule has 1 aromatic carbocycles.